The van der Waals surface area contributed by atoms with Crippen molar-refractivity contribution in [2.45, 2.75) is 11.7 Å². The van der Waals surface area contributed by atoms with Crippen LogP contribution in [0.2, 0.25) is 5.02 Å². The molecule has 0 aliphatic carbocycles. The molecule has 0 aliphatic rings. The van der Waals surface area contributed by atoms with Crippen molar-refractivity contribution < 1.29 is 0 Å². The summed E-state index contributed by atoms with van der Waals surface area (Å²) < 4.78 is 1.66. The zero-order chi connectivity index (χ0) is 11.5. The van der Waals surface area contributed by atoms with Gasteiger partial charge in [0.15, 0.2) is 0 Å². The minimum absolute atomic E-state index is 0.421. The minimum atomic E-state index is 0.421. The molecule has 0 saturated carbocycles. The normalized spacial score (nSPS) is 10.6. The van der Waals surface area contributed by atoms with Gasteiger partial charge in [0, 0.05) is 5.02 Å². The van der Waals surface area contributed by atoms with Crippen molar-refractivity contribution in [1.29, 1.82) is 0 Å². The highest BCUT2D eigenvalue weighted by atomic mass is 35.5. The summed E-state index contributed by atoms with van der Waals surface area (Å²) in [5.41, 5.74) is 6.80. The number of nitrogens with two attached hydrogens (primary N) is 1. The standard InChI is InChI=1S/C10H11ClN4S/c1-16-10-13-9(12)15(14-10)6-7-3-2-4-8(11)5-7/h2-5H,6H2,1H3,(H2,12,13,14). The zero-order valence-corrected chi connectivity index (χ0v) is 10.3. The Morgan fingerprint density at radius 3 is 2.94 bits per heavy atom. The number of nitrogens with zero attached hydrogens (tertiary/aromatic N) is 3. The Bertz CT molecular complexity index is 497. The summed E-state index contributed by atoms with van der Waals surface area (Å²) in [6.07, 6.45) is 1.92. The molecule has 6 heteroatoms. The molecule has 2 aromatic rings. The van der Waals surface area contributed by atoms with Gasteiger partial charge < -0.3 is 5.73 Å². The van der Waals surface area contributed by atoms with E-state index in [2.05, 4.69) is 10.1 Å². The van der Waals surface area contributed by atoms with Gasteiger partial charge in [0.1, 0.15) is 0 Å². The first-order valence-corrected chi connectivity index (χ1v) is 6.28. The quantitative estimate of drug-likeness (QED) is 0.854. The summed E-state index contributed by atoms with van der Waals surface area (Å²) in [6.45, 7) is 0.583. The van der Waals surface area contributed by atoms with Crippen LogP contribution in [0.1, 0.15) is 5.56 Å². The first kappa shape index (κ1) is 11.3. The average Bonchev–Trinajstić information content (AvgIpc) is 2.60. The van der Waals surface area contributed by atoms with E-state index in [9.17, 15) is 0 Å². The summed E-state index contributed by atoms with van der Waals surface area (Å²) in [7, 11) is 0. The number of rotatable bonds is 3. The molecule has 0 amide bonds. The lowest BCUT2D eigenvalue weighted by Gasteiger charge is -2.02. The van der Waals surface area contributed by atoms with Crippen LogP contribution < -0.4 is 5.73 Å². The summed E-state index contributed by atoms with van der Waals surface area (Å²) in [5.74, 6) is 0.421. The van der Waals surface area contributed by atoms with Crippen molar-refractivity contribution in [2.75, 3.05) is 12.0 Å². The fourth-order valence-electron chi connectivity index (χ4n) is 1.34. The van der Waals surface area contributed by atoms with Gasteiger partial charge in [-0.15, -0.1) is 5.10 Å². The number of benzene rings is 1. The predicted molar refractivity (Wildman–Crippen MR) is 66.8 cm³/mol. The van der Waals surface area contributed by atoms with E-state index in [0.29, 0.717) is 22.7 Å². The van der Waals surface area contributed by atoms with Gasteiger partial charge in [-0.1, -0.05) is 35.5 Å². The lowest BCUT2D eigenvalue weighted by atomic mass is 10.2. The van der Waals surface area contributed by atoms with E-state index < -0.39 is 0 Å². The van der Waals surface area contributed by atoms with E-state index in [1.165, 1.54) is 11.8 Å². The molecule has 1 aromatic heterocycles. The number of hydrogen-bond donors (Lipinski definition) is 1. The van der Waals surface area contributed by atoms with Crippen molar-refractivity contribution in [1.82, 2.24) is 14.8 Å². The number of aromatic nitrogens is 3. The van der Waals surface area contributed by atoms with Crippen LogP contribution >= 0.6 is 23.4 Å². The molecule has 0 bridgehead atoms. The molecule has 84 valence electrons. The Hall–Kier alpha value is -1.20. The minimum Gasteiger partial charge on any atom is -0.368 e. The third kappa shape index (κ3) is 2.48. The van der Waals surface area contributed by atoms with Crippen molar-refractivity contribution in [3.63, 3.8) is 0 Å². The maximum absolute atomic E-state index is 5.90. The fourth-order valence-corrected chi connectivity index (χ4v) is 1.92. The number of halogens is 1. The Morgan fingerprint density at radius 1 is 1.50 bits per heavy atom. The number of nitrogen functional groups attached to an aromatic ring is 1. The second-order valence-corrected chi connectivity index (χ2v) is 4.45. The maximum atomic E-state index is 5.90. The van der Waals surface area contributed by atoms with E-state index in [1.54, 1.807) is 4.68 Å². The van der Waals surface area contributed by atoms with Crippen LogP contribution in [0.15, 0.2) is 29.4 Å². The molecule has 2 rings (SSSR count). The highest BCUT2D eigenvalue weighted by Gasteiger charge is 2.06. The molecule has 2 N–H and O–H groups in total. The number of hydrogen-bond acceptors (Lipinski definition) is 4. The molecule has 0 spiro atoms. The van der Waals surface area contributed by atoms with Gasteiger partial charge in [0.25, 0.3) is 0 Å². The first-order valence-electron chi connectivity index (χ1n) is 4.68. The topological polar surface area (TPSA) is 56.7 Å². The first-order chi connectivity index (χ1) is 7.69. The highest BCUT2D eigenvalue weighted by Crippen LogP contribution is 2.15. The largest absolute Gasteiger partial charge is 0.368 e. The Kier molecular flexibility index (Phi) is 3.36. The van der Waals surface area contributed by atoms with E-state index in [1.807, 2.05) is 30.5 Å². The van der Waals surface area contributed by atoms with Crippen LogP contribution in [0.5, 0.6) is 0 Å². The molecule has 1 aromatic carbocycles. The van der Waals surface area contributed by atoms with E-state index in [0.717, 1.165) is 5.56 Å². The van der Waals surface area contributed by atoms with Gasteiger partial charge in [-0.05, 0) is 24.0 Å². The number of thioether (sulfide) groups is 1. The second-order valence-electron chi connectivity index (χ2n) is 3.24. The third-order valence-electron chi connectivity index (χ3n) is 2.08. The van der Waals surface area contributed by atoms with Crippen LogP contribution in [0.25, 0.3) is 0 Å². The molecule has 0 atom stereocenters. The summed E-state index contributed by atoms with van der Waals surface area (Å²) in [5, 5.41) is 5.64. The zero-order valence-electron chi connectivity index (χ0n) is 8.72. The number of anilines is 1. The molecule has 0 radical (unpaired) electrons. The van der Waals surface area contributed by atoms with E-state index in [-0.39, 0.29) is 0 Å². The Balaban J connectivity index is 2.23. The highest BCUT2D eigenvalue weighted by molar-refractivity contribution is 7.98. The van der Waals surface area contributed by atoms with Crippen molar-refractivity contribution in [2.24, 2.45) is 0 Å². The lowest BCUT2D eigenvalue weighted by molar-refractivity contribution is 0.675. The summed E-state index contributed by atoms with van der Waals surface area (Å²) in [6, 6.07) is 7.61. The van der Waals surface area contributed by atoms with Crippen LogP contribution in [-0.2, 0) is 6.54 Å². The van der Waals surface area contributed by atoms with Crippen LogP contribution in [0.4, 0.5) is 5.95 Å². The average molecular weight is 255 g/mol. The molecular weight excluding hydrogens is 244 g/mol. The van der Waals surface area contributed by atoms with Crippen LogP contribution in [0.3, 0.4) is 0 Å². The fraction of sp³-hybridized carbons (Fsp3) is 0.200. The smallest absolute Gasteiger partial charge is 0.219 e. The van der Waals surface area contributed by atoms with E-state index in [4.69, 9.17) is 17.3 Å². The van der Waals surface area contributed by atoms with Gasteiger partial charge in [-0.25, -0.2) is 4.68 Å². The third-order valence-corrected chi connectivity index (χ3v) is 2.86. The lowest BCUT2D eigenvalue weighted by Crippen LogP contribution is -2.06. The van der Waals surface area contributed by atoms with Crippen molar-refractivity contribution in [3.8, 4) is 0 Å². The molecule has 1 heterocycles. The molecule has 0 unspecified atom stereocenters. The SMILES string of the molecule is CSc1nc(N)n(Cc2cccc(Cl)c2)n1. The summed E-state index contributed by atoms with van der Waals surface area (Å²) >= 11 is 7.37. The van der Waals surface area contributed by atoms with Gasteiger partial charge in [0.2, 0.25) is 11.1 Å². The monoisotopic (exact) mass is 254 g/mol. The Labute approximate surface area is 103 Å². The Morgan fingerprint density at radius 2 is 2.31 bits per heavy atom. The van der Waals surface area contributed by atoms with Gasteiger partial charge in [-0.3, -0.25) is 0 Å². The van der Waals surface area contributed by atoms with Gasteiger partial charge in [-0.2, -0.15) is 4.98 Å². The second kappa shape index (κ2) is 4.76. The molecule has 4 nitrogen and oxygen atoms in total. The van der Waals surface area contributed by atoms with Crippen LogP contribution in [-0.4, -0.2) is 21.0 Å². The predicted octanol–water partition coefficient (Wildman–Crippen LogP) is 2.28. The van der Waals surface area contributed by atoms with E-state index >= 15 is 0 Å². The molecule has 0 fully saturated rings. The van der Waals surface area contributed by atoms with Gasteiger partial charge >= 0.3 is 0 Å². The molecule has 0 aliphatic heterocycles. The molecular formula is C10H11ClN4S. The molecule has 0 saturated heterocycles. The molecule has 16 heavy (non-hydrogen) atoms. The maximum Gasteiger partial charge on any atom is 0.219 e. The van der Waals surface area contributed by atoms with Gasteiger partial charge in [0.05, 0.1) is 6.54 Å². The van der Waals surface area contributed by atoms with Crippen LogP contribution in [0, 0.1) is 0 Å². The summed E-state index contributed by atoms with van der Waals surface area (Å²) in [4.78, 5) is 4.11. The van der Waals surface area contributed by atoms with Crippen molar-refractivity contribution in [3.05, 3.63) is 34.9 Å². The van der Waals surface area contributed by atoms with Crippen molar-refractivity contribution >= 4 is 29.3 Å².